The number of halogens is 3. The second-order valence-electron chi connectivity index (χ2n) is 5.29. The van der Waals surface area contributed by atoms with Crippen LogP contribution in [0.1, 0.15) is 12.0 Å². The molecule has 0 saturated carbocycles. The summed E-state index contributed by atoms with van der Waals surface area (Å²) in [6, 6.07) is 4.58. The van der Waals surface area contributed by atoms with Crippen LogP contribution in [0.5, 0.6) is 0 Å². The SMILES string of the molecule is O=CN1CCN(C(=O)CC(=O)Nc2ccccc2C(F)(F)F)CC1. The molecule has 2 rings (SSSR count). The zero-order valence-electron chi connectivity index (χ0n) is 12.7. The van der Waals surface area contributed by atoms with Crippen molar-refractivity contribution < 1.29 is 27.6 Å². The van der Waals surface area contributed by atoms with E-state index in [2.05, 4.69) is 5.32 Å². The number of rotatable bonds is 4. The molecule has 3 amide bonds. The quantitative estimate of drug-likeness (QED) is 0.662. The van der Waals surface area contributed by atoms with Gasteiger partial charge >= 0.3 is 6.18 Å². The Morgan fingerprint density at radius 3 is 2.33 bits per heavy atom. The molecule has 1 N–H and O–H groups in total. The van der Waals surface area contributed by atoms with Crippen molar-refractivity contribution in [3.63, 3.8) is 0 Å². The molecule has 0 radical (unpaired) electrons. The van der Waals surface area contributed by atoms with E-state index in [4.69, 9.17) is 0 Å². The molecule has 0 aromatic heterocycles. The standard InChI is InChI=1S/C15H16F3N3O3/c16-15(17,18)11-3-1-2-4-12(11)19-13(23)9-14(24)21-7-5-20(10-22)6-8-21/h1-4,10H,5-9H2,(H,19,23). The smallest absolute Gasteiger partial charge is 0.342 e. The van der Waals surface area contributed by atoms with Crippen LogP contribution in [0.3, 0.4) is 0 Å². The number of amides is 3. The van der Waals surface area contributed by atoms with Gasteiger partial charge in [0.15, 0.2) is 0 Å². The Bertz CT molecular complexity index is 626. The number of alkyl halides is 3. The first kappa shape index (κ1) is 17.8. The average Bonchev–Trinajstić information content (AvgIpc) is 2.54. The minimum Gasteiger partial charge on any atom is -0.342 e. The van der Waals surface area contributed by atoms with E-state index in [0.29, 0.717) is 32.6 Å². The Labute approximate surface area is 136 Å². The third-order valence-corrected chi connectivity index (χ3v) is 3.63. The number of anilines is 1. The summed E-state index contributed by atoms with van der Waals surface area (Å²) in [7, 11) is 0. The second kappa shape index (κ2) is 7.33. The third-order valence-electron chi connectivity index (χ3n) is 3.63. The normalized spacial score (nSPS) is 15.1. The van der Waals surface area contributed by atoms with Crippen LogP contribution in [-0.4, -0.2) is 54.2 Å². The van der Waals surface area contributed by atoms with Crippen LogP contribution in [0.25, 0.3) is 0 Å². The molecule has 0 unspecified atom stereocenters. The largest absolute Gasteiger partial charge is 0.418 e. The van der Waals surface area contributed by atoms with Gasteiger partial charge in [-0.05, 0) is 12.1 Å². The monoisotopic (exact) mass is 343 g/mol. The van der Waals surface area contributed by atoms with Gasteiger partial charge in [-0.2, -0.15) is 13.2 Å². The molecular formula is C15H16F3N3O3. The molecule has 6 nitrogen and oxygen atoms in total. The highest BCUT2D eigenvalue weighted by Gasteiger charge is 2.33. The summed E-state index contributed by atoms with van der Waals surface area (Å²) in [5.74, 6) is -1.29. The molecular weight excluding hydrogens is 327 g/mol. The zero-order valence-corrected chi connectivity index (χ0v) is 12.7. The Morgan fingerprint density at radius 1 is 1.12 bits per heavy atom. The summed E-state index contributed by atoms with van der Waals surface area (Å²) < 4.78 is 38.6. The fraction of sp³-hybridized carbons (Fsp3) is 0.400. The topological polar surface area (TPSA) is 69.7 Å². The number of nitrogens with one attached hydrogen (secondary N) is 1. The molecule has 130 valence electrons. The maximum absolute atomic E-state index is 12.9. The molecule has 9 heteroatoms. The van der Waals surface area contributed by atoms with E-state index in [1.807, 2.05) is 0 Å². The summed E-state index contributed by atoms with van der Waals surface area (Å²) in [4.78, 5) is 37.4. The molecule has 1 heterocycles. The summed E-state index contributed by atoms with van der Waals surface area (Å²) in [6.07, 6.45) is -4.46. The third kappa shape index (κ3) is 4.46. The number of nitrogens with zero attached hydrogens (tertiary/aromatic N) is 2. The molecule has 1 aromatic carbocycles. The lowest BCUT2D eigenvalue weighted by molar-refractivity contribution is -0.137. The minimum atomic E-state index is -4.60. The van der Waals surface area contributed by atoms with E-state index in [1.165, 1.54) is 21.9 Å². The number of carbonyl (C=O) groups excluding carboxylic acids is 3. The van der Waals surface area contributed by atoms with Crippen LogP contribution in [0.4, 0.5) is 18.9 Å². The first-order chi connectivity index (χ1) is 11.3. The highest BCUT2D eigenvalue weighted by Crippen LogP contribution is 2.34. The van der Waals surface area contributed by atoms with Crippen molar-refractivity contribution in [1.82, 2.24) is 9.80 Å². The molecule has 1 aromatic rings. The van der Waals surface area contributed by atoms with E-state index >= 15 is 0 Å². The second-order valence-corrected chi connectivity index (χ2v) is 5.29. The van der Waals surface area contributed by atoms with Crippen LogP contribution >= 0.6 is 0 Å². The molecule has 0 aliphatic carbocycles. The van der Waals surface area contributed by atoms with Crippen LogP contribution < -0.4 is 5.32 Å². The number of hydrogen-bond donors (Lipinski definition) is 1. The van der Waals surface area contributed by atoms with Crippen molar-refractivity contribution in [2.24, 2.45) is 0 Å². The van der Waals surface area contributed by atoms with E-state index in [0.717, 1.165) is 12.1 Å². The number of hydrogen-bond acceptors (Lipinski definition) is 3. The number of para-hydroxylation sites is 1. The lowest BCUT2D eigenvalue weighted by Crippen LogP contribution is -2.48. The lowest BCUT2D eigenvalue weighted by Gasteiger charge is -2.32. The van der Waals surface area contributed by atoms with Gasteiger partial charge < -0.3 is 15.1 Å². The Balaban J connectivity index is 1.94. The summed E-state index contributed by atoms with van der Waals surface area (Å²) in [5, 5.41) is 2.13. The van der Waals surface area contributed by atoms with Gasteiger partial charge in [0.25, 0.3) is 0 Å². The Hall–Kier alpha value is -2.58. The van der Waals surface area contributed by atoms with Crippen molar-refractivity contribution in [2.45, 2.75) is 12.6 Å². The summed E-state index contributed by atoms with van der Waals surface area (Å²) in [5.41, 5.74) is -1.35. The highest BCUT2D eigenvalue weighted by molar-refractivity contribution is 6.03. The maximum Gasteiger partial charge on any atom is 0.418 e. The van der Waals surface area contributed by atoms with E-state index in [9.17, 15) is 27.6 Å². The highest BCUT2D eigenvalue weighted by atomic mass is 19.4. The predicted molar refractivity (Wildman–Crippen MR) is 78.9 cm³/mol. The van der Waals surface area contributed by atoms with Gasteiger partial charge in [-0.3, -0.25) is 14.4 Å². The first-order valence-electron chi connectivity index (χ1n) is 7.24. The molecule has 1 aliphatic heterocycles. The molecule has 24 heavy (non-hydrogen) atoms. The molecule has 1 saturated heterocycles. The van der Waals surface area contributed by atoms with Crippen LogP contribution in [0, 0.1) is 0 Å². The van der Waals surface area contributed by atoms with Crippen molar-refractivity contribution in [3.05, 3.63) is 29.8 Å². The van der Waals surface area contributed by atoms with Crippen molar-refractivity contribution in [3.8, 4) is 0 Å². The molecule has 0 spiro atoms. The van der Waals surface area contributed by atoms with Crippen LogP contribution in [-0.2, 0) is 20.6 Å². The number of piperazine rings is 1. The van der Waals surface area contributed by atoms with Crippen LogP contribution in [0.2, 0.25) is 0 Å². The van der Waals surface area contributed by atoms with Crippen molar-refractivity contribution in [2.75, 3.05) is 31.5 Å². The Morgan fingerprint density at radius 2 is 1.75 bits per heavy atom. The summed E-state index contributed by atoms with van der Waals surface area (Å²) >= 11 is 0. The lowest BCUT2D eigenvalue weighted by atomic mass is 10.1. The zero-order chi connectivity index (χ0) is 17.7. The fourth-order valence-corrected chi connectivity index (χ4v) is 2.36. The Kier molecular flexibility index (Phi) is 5.42. The van der Waals surface area contributed by atoms with Crippen molar-refractivity contribution in [1.29, 1.82) is 0 Å². The van der Waals surface area contributed by atoms with Gasteiger partial charge in [0.1, 0.15) is 6.42 Å². The van der Waals surface area contributed by atoms with Crippen molar-refractivity contribution >= 4 is 23.9 Å². The first-order valence-corrected chi connectivity index (χ1v) is 7.24. The molecule has 1 fully saturated rings. The van der Waals surface area contributed by atoms with Gasteiger partial charge in [0.2, 0.25) is 18.2 Å². The van der Waals surface area contributed by atoms with Gasteiger partial charge in [-0.1, -0.05) is 12.1 Å². The van der Waals surface area contributed by atoms with Gasteiger partial charge in [-0.25, -0.2) is 0 Å². The summed E-state index contributed by atoms with van der Waals surface area (Å²) in [6.45, 7) is 1.33. The predicted octanol–water partition coefficient (Wildman–Crippen LogP) is 1.33. The molecule has 0 bridgehead atoms. The van der Waals surface area contributed by atoms with E-state index in [-0.39, 0.29) is 5.69 Å². The number of carbonyl (C=O) groups is 3. The van der Waals surface area contributed by atoms with Gasteiger partial charge in [0.05, 0.1) is 11.3 Å². The van der Waals surface area contributed by atoms with E-state index < -0.39 is 30.0 Å². The number of benzene rings is 1. The maximum atomic E-state index is 12.9. The molecule has 1 aliphatic rings. The van der Waals surface area contributed by atoms with Crippen LogP contribution in [0.15, 0.2) is 24.3 Å². The fourth-order valence-electron chi connectivity index (χ4n) is 2.36. The van der Waals surface area contributed by atoms with Gasteiger partial charge in [0, 0.05) is 26.2 Å². The average molecular weight is 343 g/mol. The minimum absolute atomic E-state index is 0.296. The van der Waals surface area contributed by atoms with Gasteiger partial charge in [-0.15, -0.1) is 0 Å². The van der Waals surface area contributed by atoms with E-state index in [1.54, 1.807) is 0 Å². The molecule has 0 atom stereocenters.